The number of nitrogens with one attached hydrogen (secondary N) is 1. The molecule has 4 aromatic carbocycles. The zero-order valence-electron chi connectivity index (χ0n) is 20.2. The van der Waals surface area contributed by atoms with E-state index in [0.29, 0.717) is 22.2 Å². The number of carbonyl (C=O) groups excluding carboxylic acids is 1. The Bertz CT molecular complexity index is 1690. The molecular formula is C30H19Cl2I2N3O2. The molecule has 1 heterocycles. The van der Waals surface area contributed by atoms with E-state index < -0.39 is 0 Å². The number of halogens is 4. The van der Waals surface area contributed by atoms with Crippen LogP contribution in [0.5, 0.6) is 5.75 Å². The minimum atomic E-state index is -0.312. The number of rotatable bonds is 7. The number of benzene rings is 4. The van der Waals surface area contributed by atoms with Crippen LogP contribution in [-0.4, -0.2) is 17.1 Å². The minimum absolute atomic E-state index is 0.312. The first-order valence-corrected chi connectivity index (χ1v) is 14.6. The molecule has 0 atom stereocenters. The van der Waals surface area contributed by atoms with E-state index in [1.54, 1.807) is 24.4 Å². The highest BCUT2D eigenvalue weighted by molar-refractivity contribution is 14.1. The summed E-state index contributed by atoms with van der Waals surface area (Å²) in [6, 6.07) is 28.5. The van der Waals surface area contributed by atoms with Crippen molar-refractivity contribution in [3.05, 3.63) is 125 Å². The number of aromatic nitrogens is 1. The fourth-order valence-electron chi connectivity index (χ4n) is 3.92. The van der Waals surface area contributed by atoms with E-state index in [2.05, 4.69) is 55.7 Å². The first kappa shape index (κ1) is 27.8. The Balaban J connectivity index is 1.32. The van der Waals surface area contributed by atoms with Gasteiger partial charge in [-0.1, -0.05) is 77.8 Å². The molecule has 0 saturated carbocycles. The molecule has 9 heteroatoms. The molecular weight excluding hydrogens is 759 g/mol. The van der Waals surface area contributed by atoms with Crippen LogP contribution < -0.4 is 10.2 Å². The van der Waals surface area contributed by atoms with E-state index in [1.807, 2.05) is 72.8 Å². The molecule has 1 N–H and O–H groups in total. The van der Waals surface area contributed by atoms with E-state index in [9.17, 15) is 4.79 Å². The monoisotopic (exact) mass is 777 g/mol. The molecule has 0 radical (unpaired) electrons. The molecule has 0 spiro atoms. The van der Waals surface area contributed by atoms with Gasteiger partial charge in [0.25, 0.3) is 5.91 Å². The maximum Gasteiger partial charge on any atom is 0.272 e. The Morgan fingerprint density at radius 2 is 1.62 bits per heavy atom. The fourth-order valence-corrected chi connectivity index (χ4v) is 6.37. The Morgan fingerprint density at radius 1 is 0.897 bits per heavy atom. The lowest BCUT2D eigenvalue weighted by atomic mass is 10.0. The maximum absolute atomic E-state index is 13.2. The summed E-state index contributed by atoms with van der Waals surface area (Å²) >= 11 is 16.6. The standard InChI is InChI=1S/C30H19Cl2I2N3O2/c31-23-11-10-18(12-24(23)32)17-39-29-25(33)13-19(14-26(29)34)16-35-37-30(38)22-15-28(20-6-2-1-3-7-20)36-27-9-5-4-8-21(22)27/h1-16H,17H2,(H,37,38)/b35-16-. The largest absolute Gasteiger partial charge is 0.487 e. The van der Waals surface area contributed by atoms with Crippen LogP contribution in [0.2, 0.25) is 10.0 Å². The van der Waals surface area contributed by atoms with Crippen LogP contribution in [0.4, 0.5) is 0 Å². The molecule has 0 bridgehead atoms. The van der Waals surface area contributed by atoms with Gasteiger partial charge in [-0.2, -0.15) is 5.10 Å². The lowest BCUT2D eigenvalue weighted by Crippen LogP contribution is -2.18. The van der Waals surface area contributed by atoms with Crippen molar-refractivity contribution in [2.75, 3.05) is 0 Å². The van der Waals surface area contributed by atoms with Crippen LogP contribution in [0.15, 0.2) is 96.1 Å². The molecule has 39 heavy (non-hydrogen) atoms. The lowest BCUT2D eigenvalue weighted by Gasteiger charge is -2.12. The van der Waals surface area contributed by atoms with Gasteiger partial charge < -0.3 is 4.74 Å². The van der Waals surface area contributed by atoms with E-state index in [4.69, 9.17) is 32.9 Å². The summed E-state index contributed by atoms with van der Waals surface area (Å²) in [5, 5.41) is 5.99. The number of hydrogen-bond acceptors (Lipinski definition) is 4. The smallest absolute Gasteiger partial charge is 0.272 e. The molecule has 0 aliphatic heterocycles. The Morgan fingerprint density at radius 3 is 2.36 bits per heavy atom. The van der Waals surface area contributed by atoms with Crippen molar-refractivity contribution in [3.8, 4) is 17.0 Å². The number of fused-ring (bicyclic) bond motifs is 1. The van der Waals surface area contributed by atoms with Crippen molar-refractivity contribution >= 4 is 91.4 Å². The average molecular weight is 778 g/mol. The van der Waals surface area contributed by atoms with Gasteiger partial charge in [0, 0.05) is 10.9 Å². The third-order valence-corrected chi connectivity index (χ3v) is 8.14. The fraction of sp³-hybridized carbons (Fsp3) is 0.0333. The summed E-state index contributed by atoms with van der Waals surface area (Å²) in [5.74, 6) is 0.452. The van der Waals surface area contributed by atoms with Gasteiger partial charge in [-0.15, -0.1) is 0 Å². The second-order valence-electron chi connectivity index (χ2n) is 8.49. The molecule has 0 aliphatic carbocycles. The van der Waals surface area contributed by atoms with Gasteiger partial charge in [-0.25, -0.2) is 10.4 Å². The van der Waals surface area contributed by atoms with Gasteiger partial charge in [0.15, 0.2) is 0 Å². The molecule has 0 unspecified atom stereocenters. The molecule has 194 valence electrons. The van der Waals surface area contributed by atoms with Gasteiger partial charge in [0.05, 0.1) is 40.2 Å². The molecule has 0 fully saturated rings. The first-order valence-electron chi connectivity index (χ1n) is 11.7. The van der Waals surface area contributed by atoms with Crippen molar-refractivity contribution in [3.63, 3.8) is 0 Å². The zero-order chi connectivity index (χ0) is 27.4. The molecule has 0 aliphatic rings. The van der Waals surface area contributed by atoms with Crippen molar-refractivity contribution < 1.29 is 9.53 Å². The van der Waals surface area contributed by atoms with Gasteiger partial charge in [-0.3, -0.25) is 4.79 Å². The third kappa shape index (κ3) is 6.71. The van der Waals surface area contributed by atoms with E-state index in [-0.39, 0.29) is 5.91 Å². The van der Waals surface area contributed by atoms with Crippen molar-refractivity contribution in [2.24, 2.45) is 5.10 Å². The highest BCUT2D eigenvalue weighted by Gasteiger charge is 2.14. The average Bonchev–Trinajstić information content (AvgIpc) is 2.94. The van der Waals surface area contributed by atoms with Gasteiger partial charge in [0.2, 0.25) is 0 Å². The van der Waals surface area contributed by atoms with Crippen molar-refractivity contribution in [2.45, 2.75) is 6.61 Å². The van der Waals surface area contributed by atoms with Crippen LogP contribution in [-0.2, 0) is 6.61 Å². The number of carbonyl (C=O) groups is 1. The Kier molecular flexibility index (Phi) is 9.01. The van der Waals surface area contributed by atoms with Gasteiger partial charge in [0.1, 0.15) is 12.4 Å². The second-order valence-corrected chi connectivity index (χ2v) is 11.6. The second kappa shape index (κ2) is 12.6. The molecule has 1 aromatic heterocycles. The Labute approximate surface area is 262 Å². The van der Waals surface area contributed by atoms with Crippen molar-refractivity contribution in [1.82, 2.24) is 10.4 Å². The first-order chi connectivity index (χ1) is 18.9. The summed E-state index contributed by atoms with van der Waals surface area (Å²) in [4.78, 5) is 17.9. The third-order valence-electron chi connectivity index (χ3n) is 5.80. The predicted octanol–water partition coefficient (Wildman–Crippen LogP) is 8.76. The number of ether oxygens (including phenoxy) is 1. The molecule has 1 amide bonds. The maximum atomic E-state index is 13.2. The summed E-state index contributed by atoms with van der Waals surface area (Å²) in [5.41, 5.74) is 7.33. The number of hydrazone groups is 1. The predicted molar refractivity (Wildman–Crippen MR) is 175 cm³/mol. The van der Waals surface area contributed by atoms with E-state index >= 15 is 0 Å². The zero-order valence-corrected chi connectivity index (χ0v) is 26.0. The SMILES string of the molecule is O=C(N/N=C\c1cc(I)c(OCc2ccc(Cl)c(Cl)c2)c(I)c1)c1cc(-c2ccccc2)nc2ccccc12. The lowest BCUT2D eigenvalue weighted by molar-refractivity contribution is 0.0956. The summed E-state index contributed by atoms with van der Waals surface area (Å²) < 4.78 is 7.89. The van der Waals surface area contributed by atoms with Gasteiger partial charge >= 0.3 is 0 Å². The Hall–Kier alpha value is -2.73. The van der Waals surface area contributed by atoms with E-state index in [0.717, 1.165) is 46.2 Å². The number of amides is 1. The normalized spacial score (nSPS) is 11.2. The summed E-state index contributed by atoms with van der Waals surface area (Å²) in [6.07, 6.45) is 1.62. The van der Waals surface area contributed by atoms with Crippen LogP contribution in [0.1, 0.15) is 21.5 Å². The number of nitrogens with zero attached hydrogens (tertiary/aromatic N) is 2. The van der Waals surface area contributed by atoms with Gasteiger partial charge in [-0.05, 0) is 92.7 Å². The highest BCUT2D eigenvalue weighted by atomic mass is 127. The summed E-state index contributed by atoms with van der Waals surface area (Å²) in [6.45, 7) is 0.358. The highest BCUT2D eigenvalue weighted by Crippen LogP contribution is 2.30. The number of hydrogen-bond donors (Lipinski definition) is 1. The van der Waals surface area contributed by atoms with Crippen LogP contribution in [0.3, 0.4) is 0 Å². The van der Waals surface area contributed by atoms with Crippen molar-refractivity contribution in [1.29, 1.82) is 0 Å². The number of pyridine rings is 1. The molecule has 0 saturated heterocycles. The van der Waals surface area contributed by atoms with Crippen LogP contribution >= 0.6 is 68.4 Å². The minimum Gasteiger partial charge on any atom is -0.487 e. The van der Waals surface area contributed by atoms with E-state index in [1.165, 1.54) is 0 Å². The topological polar surface area (TPSA) is 63.6 Å². The van der Waals surface area contributed by atoms with Crippen LogP contribution in [0, 0.1) is 7.14 Å². The molecule has 5 nitrogen and oxygen atoms in total. The van der Waals surface area contributed by atoms with Crippen LogP contribution in [0.25, 0.3) is 22.2 Å². The number of para-hydroxylation sites is 1. The summed E-state index contributed by atoms with van der Waals surface area (Å²) in [7, 11) is 0. The molecule has 5 aromatic rings. The molecule has 5 rings (SSSR count). The quantitative estimate of drug-likeness (QED) is 0.102.